The minimum atomic E-state index is -1.48. The molecular formula is C20H19F3N6O. The SMILES string of the molecule is Cc1nc(NCc2cnn(Cc3cc(F)c(F)c(F)c3)c2)cc2c1NC(=O)CN2C. The van der Waals surface area contributed by atoms with Gasteiger partial charge in [-0.25, -0.2) is 18.2 Å². The van der Waals surface area contributed by atoms with Gasteiger partial charge in [-0.15, -0.1) is 0 Å². The number of likely N-dealkylation sites (N-methyl/N-ethyl adjacent to an activating group) is 1. The summed E-state index contributed by atoms with van der Waals surface area (Å²) in [5.74, 6) is -3.38. The van der Waals surface area contributed by atoms with Crippen LogP contribution in [0, 0.1) is 24.4 Å². The van der Waals surface area contributed by atoms with E-state index < -0.39 is 17.5 Å². The first-order valence-electron chi connectivity index (χ1n) is 9.21. The van der Waals surface area contributed by atoms with Gasteiger partial charge in [-0.1, -0.05) is 0 Å². The maximum Gasteiger partial charge on any atom is 0.243 e. The molecule has 1 aliphatic heterocycles. The Bertz CT molecular complexity index is 1110. The van der Waals surface area contributed by atoms with Crippen molar-refractivity contribution in [3.05, 3.63) is 64.9 Å². The molecule has 1 amide bonds. The normalized spacial score (nSPS) is 13.2. The Hall–Kier alpha value is -3.56. The molecule has 0 spiro atoms. The Kier molecular flexibility index (Phi) is 5.06. The molecule has 0 unspecified atom stereocenters. The van der Waals surface area contributed by atoms with E-state index in [1.165, 1.54) is 4.68 Å². The molecule has 0 saturated carbocycles. The van der Waals surface area contributed by atoms with Gasteiger partial charge in [0.15, 0.2) is 17.5 Å². The van der Waals surface area contributed by atoms with Crippen molar-refractivity contribution in [1.29, 1.82) is 0 Å². The molecule has 0 fully saturated rings. The molecule has 0 atom stereocenters. The molecule has 1 aromatic carbocycles. The van der Waals surface area contributed by atoms with Gasteiger partial charge in [0.05, 0.1) is 36.4 Å². The maximum atomic E-state index is 13.4. The van der Waals surface area contributed by atoms with Crippen molar-refractivity contribution in [2.45, 2.75) is 20.0 Å². The van der Waals surface area contributed by atoms with E-state index >= 15 is 0 Å². The maximum absolute atomic E-state index is 13.4. The van der Waals surface area contributed by atoms with E-state index in [0.29, 0.717) is 23.7 Å². The van der Waals surface area contributed by atoms with Crippen LogP contribution in [0.1, 0.15) is 16.8 Å². The fourth-order valence-electron chi connectivity index (χ4n) is 3.34. The number of aromatic nitrogens is 3. The zero-order valence-electron chi connectivity index (χ0n) is 16.3. The third-order valence-corrected chi connectivity index (χ3v) is 4.78. The monoisotopic (exact) mass is 416 g/mol. The molecule has 4 rings (SSSR count). The first-order valence-corrected chi connectivity index (χ1v) is 9.21. The molecule has 3 heterocycles. The van der Waals surface area contributed by atoms with Gasteiger partial charge < -0.3 is 15.5 Å². The molecule has 0 radical (unpaired) electrons. The molecule has 1 aliphatic rings. The number of carbonyl (C=O) groups excluding carboxylic acids is 1. The van der Waals surface area contributed by atoms with Crippen LogP contribution in [0.5, 0.6) is 0 Å². The first-order chi connectivity index (χ1) is 14.3. The molecule has 0 saturated heterocycles. The van der Waals surface area contributed by atoms with Gasteiger partial charge in [0.25, 0.3) is 0 Å². The number of nitrogens with one attached hydrogen (secondary N) is 2. The first kappa shape index (κ1) is 19.7. The zero-order valence-corrected chi connectivity index (χ0v) is 16.3. The predicted molar refractivity (Wildman–Crippen MR) is 106 cm³/mol. The van der Waals surface area contributed by atoms with Gasteiger partial charge in [0.1, 0.15) is 5.82 Å². The highest BCUT2D eigenvalue weighted by Gasteiger charge is 2.22. The third-order valence-electron chi connectivity index (χ3n) is 4.78. The van der Waals surface area contributed by atoms with Crippen molar-refractivity contribution in [2.24, 2.45) is 0 Å². The van der Waals surface area contributed by atoms with Crippen LogP contribution in [0.3, 0.4) is 0 Å². The number of hydrogen-bond donors (Lipinski definition) is 2. The van der Waals surface area contributed by atoms with Gasteiger partial charge in [0, 0.05) is 31.4 Å². The summed E-state index contributed by atoms with van der Waals surface area (Å²) in [6.07, 6.45) is 3.35. The summed E-state index contributed by atoms with van der Waals surface area (Å²) in [7, 11) is 1.84. The zero-order chi connectivity index (χ0) is 21.4. The lowest BCUT2D eigenvalue weighted by atomic mass is 10.2. The van der Waals surface area contributed by atoms with E-state index in [0.717, 1.165) is 23.4 Å². The Morgan fingerprint density at radius 1 is 1.17 bits per heavy atom. The number of pyridine rings is 1. The van der Waals surface area contributed by atoms with E-state index in [1.54, 1.807) is 12.4 Å². The van der Waals surface area contributed by atoms with E-state index in [4.69, 9.17) is 0 Å². The van der Waals surface area contributed by atoms with E-state index in [2.05, 4.69) is 20.7 Å². The minimum Gasteiger partial charge on any atom is -0.366 e. The van der Waals surface area contributed by atoms with Crippen LogP contribution in [0.4, 0.5) is 30.4 Å². The number of nitrogens with zero attached hydrogens (tertiary/aromatic N) is 4. The number of rotatable bonds is 5. The van der Waals surface area contributed by atoms with Crippen LogP contribution in [-0.2, 0) is 17.9 Å². The highest BCUT2D eigenvalue weighted by Crippen LogP contribution is 2.32. The van der Waals surface area contributed by atoms with Gasteiger partial charge in [0.2, 0.25) is 5.91 Å². The molecule has 30 heavy (non-hydrogen) atoms. The average molecular weight is 416 g/mol. The van der Waals surface area contributed by atoms with Crippen molar-refractivity contribution < 1.29 is 18.0 Å². The van der Waals surface area contributed by atoms with Crippen molar-refractivity contribution in [1.82, 2.24) is 14.8 Å². The second-order valence-electron chi connectivity index (χ2n) is 7.16. The molecule has 0 aliphatic carbocycles. The van der Waals surface area contributed by atoms with Crippen LogP contribution in [0.15, 0.2) is 30.6 Å². The second kappa shape index (κ2) is 7.69. The molecule has 156 valence electrons. The number of hydrogen-bond acceptors (Lipinski definition) is 5. The van der Waals surface area contributed by atoms with Gasteiger partial charge in [-0.3, -0.25) is 9.48 Å². The number of anilines is 3. The topological polar surface area (TPSA) is 75.1 Å². The van der Waals surface area contributed by atoms with Crippen molar-refractivity contribution in [3.63, 3.8) is 0 Å². The number of aryl methyl sites for hydroxylation is 1. The largest absolute Gasteiger partial charge is 0.366 e. The van der Waals surface area contributed by atoms with Crippen molar-refractivity contribution >= 4 is 23.1 Å². The predicted octanol–water partition coefficient (Wildman–Crippen LogP) is 3.05. The van der Waals surface area contributed by atoms with Crippen molar-refractivity contribution in [3.8, 4) is 0 Å². The summed E-state index contributed by atoms with van der Waals surface area (Å²) in [5, 5.41) is 10.2. The Labute approximate surface area is 170 Å². The van der Waals surface area contributed by atoms with E-state index in [-0.39, 0.29) is 24.6 Å². The van der Waals surface area contributed by atoms with Crippen LogP contribution in [-0.4, -0.2) is 34.3 Å². The summed E-state index contributed by atoms with van der Waals surface area (Å²) >= 11 is 0. The average Bonchev–Trinajstić information content (AvgIpc) is 3.12. The van der Waals surface area contributed by atoms with E-state index in [1.807, 2.05) is 24.9 Å². The standard InChI is InChI=1S/C20H19F3N6O/c1-11-20-16(28(2)10-18(30)27-20)5-17(26-11)24-6-13-7-25-29(9-13)8-12-3-14(21)19(23)15(22)4-12/h3-5,7,9H,6,8,10H2,1-2H3,(H,24,26)(H,27,30). The molecule has 2 aromatic heterocycles. The van der Waals surface area contributed by atoms with E-state index in [9.17, 15) is 18.0 Å². The third kappa shape index (κ3) is 3.93. The fraction of sp³-hybridized carbons (Fsp3) is 0.250. The lowest BCUT2D eigenvalue weighted by Crippen LogP contribution is -2.36. The van der Waals surface area contributed by atoms with Crippen LogP contribution in [0.25, 0.3) is 0 Å². The smallest absolute Gasteiger partial charge is 0.243 e. The second-order valence-corrected chi connectivity index (χ2v) is 7.16. The Morgan fingerprint density at radius 2 is 1.90 bits per heavy atom. The molecule has 0 bridgehead atoms. The summed E-state index contributed by atoms with van der Waals surface area (Å²) in [4.78, 5) is 18.0. The quantitative estimate of drug-likeness (QED) is 0.626. The Morgan fingerprint density at radius 3 is 2.63 bits per heavy atom. The molecule has 10 heteroatoms. The lowest BCUT2D eigenvalue weighted by Gasteiger charge is -2.28. The minimum absolute atomic E-state index is 0.0797. The van der Waals surface area contributed by atoms with Crippen molar-refractivity contribution in [2.75, 3.05) is 29.1 Å². The Balaban J connectivity index is 1.44. The summed E-state index contributed by atoms with van der Waals surface area (Å²) < 4.78 is 41.3. The highest BCUT2D eigenvalue weighted by molar-refractivity contribution is 6.02. The van der Waals surface area contributed by atoms with Crippen LogP contribution in [0.2, 0.25) is 0 Å². The number of benzene rings is 1. The number of fused-ring (bicyclic) bond motifs is 1. The lowest BCUT2D eigenvalue weighted by molar-refractivity contribution is -0.115. The fourth-order valence-corrected chi connectivity index (χ4v) is 3.34. The summed E-state index contributed by atoms with van der Waals surface area (Å²) in [6, 6.07) is 3.76. The summed E-state index contributed by atoms with van der Waals surface area (Å²) in [5.41, 5.74) is 3.38. The molecule has 7 nitrogen and oxygen atoms in total. The van der Waals surface area contributed by atoms with Crippen LogP contribution >= 0.6 is 0 Å². The van der Waals surface area contributed by atoms with Gasteiger partial charge >= 0.3 is 0 Å². The number of halogens is 3. The summed E-state index contributed by atoms with van der Waals surface area (Å²) in [6.45, 7) is 2.62. The molecule has 3 aromatic rings. The van der Waals surface area contributed by atoms with Gasteiger partial charge in [-0.05, 0) is 24.6 Å². The van der Waals surface area contributed by atoms with Gasteiger partial charge in [-0.2, -0.15) is 5.10 Å². The van der Waals surface area contributed by atoms with Crippen LogP contribution < -0.4 is 15.5 Å². The molecular weight excluding hydrogens is 397 g/mol. The number of amides is 1. The number of carbonyl (C=O) groups is 1. The molecule has 2 N–H and O–H groups in total. The highest BCUT2D eigenvalue weighted by atomic mass is 19.2.